The molecule has 27 heavy (non-hydrogen) atoms. The van der Waals surface area contributed by atoms with E-state index in [9.17, 15) is 14.9 Å². The molecule has 1 aromatic carbocycles. The van der Waals surface area contributed by atoms with Crippen molar-refractivity contribution in [1.29, 1.82) is 0 Å². The number of rotatable bonds is 5. The Kier molecular flexibility index (Phi) is 4.09. The van der Waals surface area contributed by atoms with E-state index >= 15 is 0 Å². The van der Waals surface area contributed by atoms with Crippen LogP contribution in [0.25, 0.3) is 22.4 Å². The van der Waals surface area contributed by atoms with Gasteiger partial charge >= 0.3 is 5.88 Å². The van der Waals surface area contributed by atoms with Gasteiger partial charge in [-0.1, -0.05) is 0 Å². The Hall–Kier alpha value is -3.66. The number of anilines is 1. The molecule has 10 heteroatoms. The fourth-order valence-corrected chi connectivity index (χ4v) is 3.12. The first-order valence-electron chi connectivity index (χ1n) is 7.62. The van der Waals surface area contributed by atoms with E-state index in [0.29, 0.717) is 27.9 Å². The SMILES string of the molecule is COc1ccc2oc(-c3csc(NC(=O)c4ccc([N+](=O)[O-])o4)n3)cc2c1. The van der Waals surface area contributed by atoms with E-state index in [1.807, 2.05) is 12.1 Å². The summed E-state index contributed by atoms with van der Waals surface area (Å²) in [6, 6.07) is 9.62. The van der Waals surface area contributed by atoms with Gasteiger partial charge in [0.2, 0.25) is 0 Å². The predicted octanol–water partition coefficient (Wildman–Crippen LogP) is 4.32. The Bertz CT molecular complexity index is 1160. The normalized spacial score (nSPS) is 10.9. The molecule has 0 aliphatic heterocycles. The van der Waals surface area contributed by atoms with Gasteiger partial charge in [-0.25, -0.2) is 4.98 Å². The summed E-state index contributed by atoms with van der Waals surface area (Å²) >= 11 is 1.19. The van der Waals surface area contributed by atoms with E-state index in [1.54, 1.807) is 24.6 Å². The lowest BCUT2D eigenvalue weighted by Crippen LogP contribution is -2.10. The minimum absolute atomic E-state index is 0.172. The molecule has 0 bridgehead atoms. The number of benzene rings is 1. The summed E-state index contributed by atoms with van der Waals surface area (Å²) in [5.41, 5.74) is 1.24. The largest absolute Gasteiger partial charge is 0.497 e. The third kappa shape index (κ3) is 3.25. The van der Waals surface area contributed by atoms with Crippen molar-refractivity contribution in [1.82, 2.24) is 4.98 Å². The van der Waals surface area contributed by atoms with Crippen LogP contribution in [0.2, 0.25) is 0 Å². The van der Waals surface area contributed by atoms with Crippen molar-refractivity contribution < 1.29 is 23.3 Å². The summed E-state index contributed by atoms with van der Waals surface area (Å²) in [4.78, 5) is 26.3. The highest BCUT2D eigenvalue weighted by atomic mass is 32.1. The molecular weight excluding hydrogens is 374 g/mol. The first-order chi connectivity index (χ1) is 13.0. The van der Waals surface area contributed by atoms with Gasteiger partial charge in [0, 0.05) is 10.8 Å². The first-order valence-corrected chi connectivity index (χ1v) is 8.50. The summed E-state index contributed by atoms with van der Waals surface area (Å²) in [5, 5.41) is 16.1. The fraction of sp³-hybridized carbons (Fsp3) is 0.0588. The lowest BCUT2D eigenvalue weighted by Gasteiger charge is -1.96. The minimum Gasteiger partial charge on any atom is -0.497 e. The molecule has 136 valence electrons. The number of furan rings is 2. The van der Waals surface area contributed by atoms with Crippen LogP contribution in [0, 0.1) is 10.1 Å². The van der Waals surface area contributed by atoms with Gasteiger partial charge in [-0.2, -0.15) is 0 Å². The number of nitro groups is 1. The Morgan fingerprint density at radius 2 is 2.11 bits per heavy atom. The number of hydrogen-bond acceptors (Lipinski definition) is 8. The first kappa shape index (κ1) is 16.8. The smallest absolute Gasteiger partial charge is 0.433 e. The second-order valence-corrected chi connectivity index (χ2v) is 6.26. The van der Waals surface area contributed by atoms with Gasteiger partial charge in [-0.3, -0.25) is 20.2 Å². The number of methoxy groups -OCH3 is 1. The van der Waals surface area contributed by atoms with E-state index in [-0.39, 0.29) is 5.76 Å². The predicted molar refractivity (Wildman–Crippen MR) is 97.2 cm³/mol. The van der Waals surface area contributed by atoms with E-state index < -0.39 is 16.7 Å². The van der Waals surface area contributed by atoms with E-state index in [2.05, 4.69) is 10.3 Å². The van der Waals surface area contributed by atoms with E-state index in [1.165, 1.54) is 17.4 Å². The monoisotopic (exact) mass is 385 g/mol. The molecule has 1 amide bonds. The van der Waals surface area contributed by atoms with Crippen LogP contribution in [0.1, 0.15) is 10.6 Å². The molecule has 1 N–H and O–H groups in total. The molecule has 0 saturated heterocycles. The molecule has 3 aromatic heterocycles. The van der Waals surface area contributed by atoms with Gasteiger partial charge in [-0.05, 0) is 30.3 Å². The van der Waals surface area contributed by atoms with Crippen molar-refractivity contribution >= 4 is 39.2 Å². The summed E-state index contributed by atoms with van der Waals surface area (Å²) in [5.74, 6) is -0.0393. The molecule has 0 aliphatic carbocycles. The molecule has 0 fully saturated rings. The highest BCUT2D eigenvalue weighted by Crippen LogP contribution is 2.32. The summed E-state index contributed by atoms with van der Waals surface area (Å²) < 4.78 is 15.8. The van der Waals surface area contributed by atoms with Gasteiger partial charge in [0.05, 0.1) is 13.2 Å². The summed E-state index contributed by atoms with van der Waals surface area (Å²) in [6.45, 7) is 0. The van der Waals surface area contributed by atoms with Gasteiger partial charge in [0.15, 0.2) is 16.7 Å². The molecule has 0 radical (unpaired) electrons. The maximum Gasteiger partial charge on any atom is 0.433 e. The van der Waals surface area contributed by atoms with Gasteiger partial charge < -0.3 is 13.6 Å². The molecule has 4 rings (SSSR count). The van der Waals surface area contributed by atoms with Crippen LogP contribution < -0.4 is 10.1 Å². The number of aromatic nitrogens is 1. The number of carbonyl (C=O) groups excluding carboxylic acids is 1. The third-order valence-corrected chi connectivity index (χ3v) is 4.45. The maximum atomic E-state index is 12.1. The third-order valence-electron chi connectivity index (χ3n) is 3.70. The van der Waals surface area contributed by atoms with Gasteiger partial charge in [0.1, 0.15) is 21.9 Å². The second kappa shape index (κ2) is 6.57. The van der Waals surface area contributed by atoms with Crippen LogP contribution in [0.5, 0.6) is 5.75 Å². The number of carbonyl (C=O) groups is 1. The molecule has 0 aliphatic rings. The number of ether oxygens (including phenoxy) is 1. The zero-order valence-electron chi connectivity index (χ0n) is 13.8. The van der Waals surface area contributed by atoms with E-state index in [0.717, 1.165) is 11.5 Å². The number of amides is 1. The van der Waals surface area contributed by atoms with Crippen molar-refractivity contribution in [2.75, 3.05) is 12.4 Å². The fourth-order valence-electron chi connectivity index (χ4n) is 2.43. The quantitative estimate of drug-likeness (QED) is 0.401. The molecular formula is C17H11N3O6S. The molecule has 0 saturated carbocycles. The maximum absolute atomic E-state index is 12.1. The van der Waals surface area contributed by atoms with Crippen molar-refractivity contribution in [2.24, 2.45) is 0 Å². The van der Waals surface area contributed by atoms with Crippen molar-refractivity contribution in [3.8, 4) is 17.2 Å². The Labute approximate surface area is 155 Å². The van der Waals surface area contributed by atoms with Crippen LogP contribution in [0.3, 0.4) is 0 Å². The van der Waals surface area contributed by atoms with Crippen LogP contribution in [-0.4, -0.2) is 22.9 Å². The summed E-state index contributed by atoms with van der Waals surface area (Å²) in [7, 11) is 1.59. The minimum atomic E-state index is -0.713. The Balaban J connectivity index is 1.54. The number of hydrogen-bond donors (Lipinski definition) is 1. The molecule has 0 atom stereocenters. The molecule has 0 unspecified atom stereocenters. The molecule has 4 aromatic rings. The number of fused-ring (bicyclic) bond motifs is 1. The Morgan fingerprint density at radius 1 is 1.26 bits per heavy atom. The second-order valence-electron chi connectivity index (χ2n) is 5.40. The number of nitrogens with zero attached hydrogens (tertiary/aromatic N) is 2. The van der Waals surface area contributed by atoms with Crippen LogP contribution in [0.4, 0.5) is 11.0 Å². The lowest BCUT2D eigenvalue weighted by atomic mass is 10.2. The molecule has 0 spiro atoms. The van der Waals surface area contributed by atoms with Gasteiger partial charge in [-0.15, -0.1) is 11.3 Å². The average Bonchev–Trinajstić information content (AvgIpc) is 3.39. The Morgan fingerprint density at radius 3 is 2.85 bits per heavy atom. The highest BCUT2D eigenvalue weighted by molar-refractivity contribution is 7.14. The van der Waals surface area contributed by atoms with Gasteiger partial charge in [0.25, 0.3) is 5.91 Å². The van der Waals surface area contributed by atoms with Crippen LogP contribution in [0.15, 0.2) is 50.6 Å². The van der Waals surface area contributed by atoms with E-state index in [4.69, 9.17) is 13.6 Å². The topological polar surface area (TPSA) is 121 Å². The molecule has 3 heterocycles. The van der Waals surface area contributed by atoms with Crippen LogP contribution >= 0.6 is 11.3 Å². The average molecular weight is 385 g/mol. The zero-order chi connectivity index (χ0) is 19.0. The number of nitrogens with one attached hydrogen (secondary N) is 1. The van der Waals surface area contributed by atoms with Crippen LogP contribution in [-0.2, 0) is 0 Å². The molecule has 9 nitrogen and oxygen atoms in total. The number of thiazole rings is 1. The lowest BCUT2D eigenvalue weighted by molar-refractivity contribution is -0.402. The van der Waals surface area contributed by atoms with Crippen molar-refractivity contribution in [3.05, 3.63) is 57.7 Å². The van der Waals surface area contributed by atoms with Crippen molar-refractivity contribution in [2.45, 2.75) is 0 Å². The highest BCUT2D eigenvalue weighted by Gasteiger charge is 2.19. The standard InChI is InChI=1S/C17H11N3O6S/c1-24-10-2-3-12-9(6-10)7-14(25-12)11-8-27-17(18-11)19-16(21)13-4-5-15(26-13)20(22)23/h2-8H,1H3,(H,18,19,21). The summed E-state index contributed by atoms with van der Waals surface area (Å²) in [6.07, 6.45) is 0. The zero-order valence-corrected chi connectivity index (χ0v) is 14.6. The van der Waals surface area contributed by atoms with Crippen molar-refractivity contribution in [3.63, 3.8) is 0 Å².